The van der Waals surface area contributed by atoms with Crippen molar-refractivity contribution in [2.75, 3.05) is 0 Å². The molecule has 2 rings (SSSR count). The molecule has 1 N–H and O–H groups in total. The highest BCUT2D eigenvalue weighted by atomic mass is 16.3. The van der Waals surface area contributed by atoms with Gasteiger partial charge in [-0.15, -0.1) is 0 Å². The molecule has 0 aliphatic carbocycles. The molecule has 1 heterocycles. The van der Waals surface area contributed by atoms with Crippen molar-refractivity contribution >= 4 is 11.0 Å². The van der Waals surface area contributed by atoms with Crippen LogP contribution in [0.1, 0.15) is 32.3 Å². The van der Waals surface area contributed by atoms with Gasteiger partial charge in [-0.3, -0.25) is 0 Å². The molecule has 0 aliphatic heterocycles. The number of aromatic hydroxyl groups is 1. The molecule has 0 aliphatic rings. The monoisotopic (exact) mass is 204 g/mol. The van der Waals surface area contributed by atoms with Gasteiger partial charge in [-0.05, 0) is 24.5 Å². The Bertz CT molecular complexity index is 486. The lowest BCUT2D eigenvalue weighted by Gasteiger charge is -2.10. The van der Waals surface area contributed by atoms with Crippen molar-refractivity contribution in [1.29, 1.82) is 0 Å². The summed E-state index contributed by atoms with van der Waals surface area (Å²) < 4.78 is 2.12. The van der Waals surface area contributed by atoms with Crippen LogP contribution >= 0.6 is 0 Å². The summed E-state index contributed by atoms with van der Waals surface area (Å²) in [6.07, 6.45) is 1.83. The number of fused-ring (bicyclic) bond motifs is 1. The van der Waals surface area contributed by atoms with E-state index in [2.05, 4.69) is 30.3 Å². The summed E-state index contributed by atoms with van der Waals surface area (Å²) in [4.78, 5) is 4.30. The Hall–Kier alpha value is -1.51. The molecule has 0 saturated heterocycles. The molecule has 15 heavy (non-hydrogen) atoms. The van der Waals surface area contributed by atoms with Crippen LogP contribution in [0.3, 0.4) is 0 Å². The lowest BCUT2D eigenvalue weighted by atomic mass is 10.0. The van der Waals surface area contributed by atoms with Crippen molar-refractivity contribution in [1.82, 2.24) is 9.55 Å². The lowest BCUT2D eigenvalue weighted by molar-refractivity contribution is 0.475. The standard InChI is InChI=1S/C12H16N2O/c1-4-14-7-13-11-6-9(15)5-10(8(2)3)12(11)14/h5-8,15H,4H2,1-3H3. The number of nitrogens with zero attached hydrogens (tertiary/aromatic N) is 2. The first-order valence-electron chi connectivity index (χ1n) is 5.31. The quantitative estimate of drug-likeness (QED) is 0.816. The zero-order chi connectivity index (χ0) is 11.0. The first-order chi connectivity index (χ1) is 7.13. The van der Waals surface area contributed by atoms with E-state index >= 15 is 0 Å². The average molecular weight is 204 g/mol. The minimum absolute atomic E-state index is 0.299. The Balaban J connectivity index is 2.79. The van der Waals surface area contributed by atoms with Crippen LogP contribution < -0.4 is 0 Å². The molecule has 0 saturated carbocycles. The van der Waals surface area contributed by atoms with Gasteiger partial charge >= 0.3 is 0 Å². The summed E-state index contributed by atoms with van der Waals surface area (Å²) in [6, 6.07) is 3.55. The molecule has 0 unspecified atom stereocenters. The Morgan fingerprint density at radius 1 is 1.40 bits per heavy atom. The highest BCUT2D eigenvalue weighted by Crippen LogP contribution is 2.29. The second kappa shape index (κ2) is 3.57. The molecule has 1 aromatic carbocycles. The summed E-state index contributed by atoms with van der Waals surface area (Å²) in [5, 5.41) is 9.59. The van der Waals surface area contributed by atoms with Gasteiger partial charge < -0.3 is 9.67 Å². The van der Waals surface area contributed by atoms with Crippen LogP contribution in [0.4, 0.5) is 0 Å². The Morgan fingerprint density at radius 2 is 2.13 bits per heavy atom. The lowest BCUT2D eigenvalue weighted by Crippen LogP contribution is -1.97. The third-order valence-corrected chi connectivity index (χ3v) is 2.69. The second-order valence-electron chi connectivity index (χ2n) is 4.09. The number of rotatable bonds is 2. The van der Waals surface area contributed by atoms with Crippen molar-refractivity contribution in [3.63, 3.8) is 0 Å². The summed E-state index contributed by atoms with van der Waals surface area (Å²) in [7, 11) is 0. The molecular formula is C12H16N2O. The molecule has 1 aromatic heterocycles. The third-order valence-electron chi connectivity index (χ3n) is 2.69. The van der Waals surface area contributed by atoms with Crippen LogP contribution in [0.15, 0.2) is 18.5 Å². The van der Waals surface area contributed by atoms with Crippen molar-refractivity contribution in [2.45, 2.75) is 33.2 Å². The molecular weight excluding hydrogens is 188 g/mol. The molecule has 3 heteroatoms. The van der Waals surface area contributed by atoms with Crippen molar-refractivity contribution in [3.8, 4) is 5.75 Å². The topological polar surface area (TPSA) is 38.0 Å². The largest absolute Gasteiger partial charge is 0.508 e. The minimum Gasteiger partial charge on any atom is -0.508 e. The van der Waals surface area contributed by atoms with Gasteiger partial charge in [-0.1, -0.05) is 13.8 Å². The number of phenols is 1. The van der Waals surface area contributed by atoms with Crippen molar-refractivity contribution in [3.05, 3.63) is 24.0 Å². The van der Waals surface area contributed by atoms with E-state index in [4.69, 9.17) is 0 Å². The first kappa shape index (κ1) is 10.0. The van der Waals surface area contributed by atoms with E-state index < -0.39 is 0 Å². The fourth-order valence-corrected chi connectivity index (χ4v) is 1.91. The zero-order valence-electron chi connectivity index (χ0n) is 9.36. The maximum Gasteiger partial charge on any atom is 0.118 e. The Morgan fingerprint density at radius 3 is 2.73 bits per heavy atom. The van der Waals surface area contributed by atoms with Gasteiger partial charge in [-0.2, -0.15) is 0 Å². The van der Waals surface area contributed by atoms with E-state index in [9.17, 15) is 5.11 Å². The van der Waals surface area contributed by atoms with Gasteiger partial charge in [0.2, 0.25) is 0 Å². The average Bonchev–Trinajstić information content (AvgIpc) is 2.58. The molecule has 3 nitrogen and oxygen atoms in total. The number of hydrogen-bond donors (Lipinski definition) is 1. The van der Waals surface area contributed by atoms with E-state index in [0.717, 1.165) is 23.1 Å². The zero-order valence-corrected chi connectivity index (χ0v) is 9.36. The maximum atomic E-state index is 9.59. The highest BCUT2D eigenvalue weighted by Gasteiger charge is 2.11. The molecule has 0 radical (unpaired) electrons. The van der Waals surface area contributed by atoms with E-state index in [1.807, 2.05) is 12.4 Å². The number of aromatic nitrogens is 2. The molecule has 0 bridgehead atoms. The van der Waals surface area contributed by atoms with E-state index in [0.29, 0.717) is 11.7 Å². The van der Waals surface area contributed by atoms with Gasteiger partial charge in [0.05, 0.1) is 17.4 Å². The number of hydrogen-bond acceptors (Lipinski definition) is 2. The number of benzene rings is 1. The van der Waals surface area contributed by atoms with Crippen molar-refractivity contribution in [2.24, 2.45) is 0 Å². The number of aryl methyl sites for hydroxylation is 1. The Kier molecular flexibility index (Phi) is 2.39. The summed E-state index contributed by atoms with van der Waals surface area (Å²) in [6.45, 7) is 7.25. The number of phenolic OH excluding ortho intramolecular Hbond substituents is 1. The van der Waals surface area contributed by atoms with Crippen LogP contribution in [-0.2, 0) is 6.54 Å². The van der Waals surface area contributed by atoms with Crippen LogP contribution in [0.25, 0.3) is 11.0 Å². The molecule has 0 atom stereocenters. The predicted octanol–water partition coefficient (Wildman–Crippen LogP) is 2.89. The minimum atomic E-state index is 0.299. The van der Waals surface area contributed by atoms with Crippen molar-refractivity contribution < 1.29 is 5.11 Å². The Labute approximate surface area is 89.4 Å². The van der Waals surface area contributed by atoms with Gasteiger partial charge in [0.1, 0.15) is 5.75 Å². The summed E-state index contributed by atoms with van der Waals surface area (Å²) >= 11 is 0. The fourth-order valence-electron chi connectivity index (χ4n) is 1.91. The molecule has 0 spiro atoms. The fraction of sp³-hybridized carbons (Fsp3) is 0.417. The summed E-state index contributed by atoms with van der Waals surface area (Å²) in [5.41, 5.74) is 3.18. The summed E-state index contributed by atoms with van der Waals surface area (Å²) in [5.74, 6) is 0.689. The van der Waals surface area contributed by atoms with Crippen LogP contribution in [0, 0.1) is 0 Å². The van der Waals surface area contributed by atoms with Crippen LogP contribution in [0.5, 0.6) is 5.75 Å². The SMILES string of the molecule is CCn1cnc2cc(O)cc(C(C)C)c21. The van der Waals surface area contributed by atoms with E-state index in [1.54, 1.807) is 6.07 Å². The van der Waals surface area contributed by atoms with E-state index in [-0.39, 0.29) is 0 Å². The molecule has 2 aromatic rings. The molecule has 0 fully saturated rings. The first-order valence-corrected chi connectivity index (χ1v) is 5.31. The van der Waals surface area contributed by atoms with Gasteiger partial charge in [0, 0.05) is 12.6 Å². The molecule has 80 valence electrons. The second-order valence-corrected chi connectivity index (χ2v) is 4.09. The normalized spacial score (nSPS) is 11.5. The maximum absolute atomic E-state index is 9.59. The van der Waals surface area contributed by atoms with E-state index in [1.165, 1.54) is 0 Å². The molecule has 0 amide bonds. The predicted molar refractivity (Wildman–Crippen MR) is 61.2 cm³/mol. The van der Waals surface area contributed by atoms with Gasteiger partial charge in [0.25, 0.3) is 0 Å². The van der Waals surface area contributed by atoms with Crippen LogP contribution in [0.2, 0.25) is 0 Å². The van der Waals surface area contributed by atoms with Gasteiger partial charge in [0.15, 0.2) is 0 Å². The number of imidazole rings is 1. The smallest absolute Gasteiger partial charge is 0.118 e. The highest BCUT2D eigenvalue weighted by molar-refractivity contribution is 5.81. The third kappa shape index (κ3) is 1.58. The van der Waals surface area contributed by atoms with Gasteiger partial charge in [-0.25, -0.2) is 4.98 Å². The van der Waals surface area contributed by atoms with Crippen LogP contribution in [-0.4, -0.2) is 14.7 Å².